The van der Waals surface area contributed by atoms with E-state index in [1.807, 2.05) is 47.6 Å². The Hall–Kier alpha value is -2.20. The zero-order valence-electron chi connectivity index (χ0n) is 14.6. The predicted molar refractivity (Wildman–Crippen MR) is 99.6 cm³/mol. The number of hydrogen-bond donors (Lipinski definition) is 0. The lowest BCUT2D eigenvalue weighted by molar-refractivity contribution is -0.117. The molecule has 2 aromatic rings. The van der Waals surface area contributed by atoms with E-state index in [-0.39, 0.29) is 5.91 Å². The van der Waals surface area contributed by atoms with Crippen molar-refractivity contribution >= 4 is 11.6 Å². The first kappa shape index (κ1) is 16.3. The lowest BCUT2D eigenvalue weighted by atomic mass is 9.89. The SMILES string of the molecule is O=C1CC(CN2CCC(c3ccncc3)CC2)CN1c1ccccc1. The molecular formula is C21H25N3O. The van der Waals surface area contributed by atoms with Crippen LogP contribution in [0.1, 0.15) is 30.7 Å². The quantitative estimate of drug-likeness (QED) is 0.860. The number of carbonyl (C=O) groups is 1. The van der Waals surface area contributed by atoms with Crippen molar-refractivity contribution < 1.29 is 4.79 Å². The number of pyridine rings is 1. The fraction of sp³-hybridized carbons (Fsp3) is 0.429. The molecule has 0 spiro atoms. The molecule has 0 radical (unpaired) electrons. The van der Waals surface area contributed by atoms with Gasteiger partial charge in [0.2, 0.25) is 5.91 Å². The Balaban J connectivity index is 1.30. The molecule has 1 unspecified atom stereocenters. The highest BCUT2D eigenvalue weighted by atomic mass is 16.2. The number of rotatable bonds is 4. The number of carbonyl (C=O) groups excluding carboxylic acids is 1. The maximum atomic E-state index is 12.4. The molecule has 3 heterocycles. The van der Waals surface area contributed by atoms with Gasteiger partial charge >= 0.3 is 0 Å². The second-order valence-electron chi connectivity index (χ2n) is 7.27. The highest BCUT2D eigenvalue weighted by molar-refractivity contribution is 5.95. The lowest BCUT2D eigenvalue weighted by Gasteiger charge is -2.33. The van der Waals surface area contributed by atoms with Crippen LogP contribution in [0, 0.1) is 5.92 Å². The van der Waals surface area contributed by atoms with E-state index >= 15 is 0 Å². The summed E-state index contributed by atoms with van der Waals surface area (Å²) in [7, 11) is 0. The van der Waals surface area contributed by atoms with E-state index in [0.29, 0.717) is 18.3 Å². The Kier molecular flexibility index (Phi) is 4.79. The molecule has 1 aromatic heterocycles. The molecule has 130 valence electrons. The topological polar surface area (TPSA) is 36.4 Å². The standard InChI is InChI=1S/C21H25N3O/c25-21-14-17(16-24(21)20-4-2-1-3-5-20)15-23-12-8-19(9-13-23)18-6-10-22-11-7-18/h1-7,10-11,17,19H,8-9,12-16H2. The van der Waals surface area contributed by atoms with Crippen LogP contribution >= 0.6 is 0 Å². The van der Waals surface area contributed by atoms with Crippen molar-refractivity contribution in [2.24, 2.45) is 5.92 Å². The Morgan fingerprint density at radius 3 is 2.44 bits per heavy atom. The average molecular weight is 335 g/mol. The monoisotopic (exact) mass is 335 g/mol. The molecule has 1 amide bonds. The van der Waals surface area contributed by atoms with Crippen molar-refractivity contribution in [3.05, 3.63) is 60.4 Å². The minimum atomic E-state index is 0.267. The molecule has 1 aromatic carbocycles. The molecule has 25 heavy (non-hydrogen) atoms. The van der Waals surface area contributed by atoms with Gasteiger partial charge in [-0.1, -0.05) is 18.2 Å². The summed E-state index contributed by atoms with van der Waals surface area (Å²) in [4.78, 5) is 21.0. The first-order valence-corrected chi connectivity index (χ1v) is 9.27. The second-order valence-corrected chi connectivity index (χ2v) is 7.27. The Morgan fingerprint density at radius 2 is 1.72 bits per heavy atom. The first-order chi connectivity index (χ1) is 12.3. The van der Waals surface area contributed by atoms with Crippen LogP contribution in [0.25, 0.3) is 0 Å². The number of nitrogens with zero attached hydrogens (tertiary/aromatic N) is 3. The molecular weight excluding hydrogens is 310 g/mol. The van der Waals surface area contributed by atoms with Gasteiger partial charge < -0.3 is 9.80 Å². The summed E-state index contributed by atoms with van der Waals surface area (Å²) in [6.07, 6.45) is 6.87. The number of piperidine rings is 1. The summed E-state index contributed by atoms with van der Waals surface area (Å²) in [5.74, 6) is 1.37. The van der Waals surface area contributed by atoms with Crippen molar-refractivity contribution in [2.45, 2.75) is 25.2 Å². The van der Waals surface area contributed by atoms with Crippen LogP contribution in [0.15, 0.2) is 54.9 Å². The fourth-order valence-corrected chi connectivity index (χ4v) is 4.21. The van der Waals surface area contributed by atoms with Crippen LogP contribution in [0.2, 0.25) is 0 Å². The van der Waals surface area contributed by atoms with E-state index in [1.165, 1.54) is 18.4 Å². The molecule has 2 fully saturated rings. The molecule has 0 N–H and O–H groups in total. The number of hydrogen-bond acceptors (Lipinski definition) is 3. The van der Waals surface area contributed by atoms with E-state index < -0.39 is 0 Å². The van der Waals surface area contributed by atoms with Crippen molar-refractivity contribution in [3.63, 3.8) is 0 Å². The third-order valence-electron chi connectivity index (χ3n) is 5.55. The van der Waals surface area contributed by atoms with Crippen LogP contribution in [0.3, 0.4) is 0 Å². The summed E-state index contributed by atoms with van der Waals surface area (Å²) in [6.45, 7) is 4.15. The first-order valence-electron chi connectivity index (χ1n) is 9.27. The van der Waals surface area contributed by atoms with Gasteiger partial charge in [-0.2, -0.15) is 0 Å². The van der Waals surface area contributed by atoms with E-state index in [1.54, 1.807) is 0 Å². The largest absolute Gasteiger partial charge is 0.312 e. The molecule has 4 heteroatoms. The van der Waals surface area contributed by atoms with Crippen molar-refractivity contribution in [2.75, 3.05) is 31.1 Å². The third-order valence-corrected chi connectivity index (χ3v) is 5.55. The van der Waals surface area contributed by atoms with Gasteiger partial charge in [0.15, 0.2) is 0 Å². The molecule has 4 rings (SSSR count). The highest BCUT2D eigenvalue weighted by Crippen LogP contribution is 2.30. The Bertz CT molecular complexity index is 696. The number of para-hydroxylation sites is 1. The highest BCUT2D eigenvalue weighted by Gasteiger charge is 2.32. The zero-order valence-corrected chi connectivity index (χ0v) is 14.6. The molecule has 0 aliphatic carbocycles. The smallest absolute Gasteiger partial charge is 0.227 e. The second kappa shape index (κ2) is 7.36. The lowest BCUT2D eigenvalue weighted by Crippen LogP contribution is -2.37. The van der Waals surface area contributed by atoms with E-state index in [9.17, 15) is 4.79 Å². The molecule has 2 aliphatic heterocycles. The maximum absolute atomic E-state index is 12.4. The fourth-order valence-electron chi connectivity index (χ4n) is 4.21. The number of aromatic nitrogens is 1. The normalized spacial score (nSPS) is 22.5. The van der Waals surface area contributed by atoms with Crippen LogP contribution in [-0.2, 0) is 4.79 Å². The summed E-state index contributed by atoms with van der Waals surface area (Å²) in [5.41, 5.74) is 2.45. The molecule has 1 atom stereocenters. The number of benzene rings is 1. The average Bonchev–Trinajstić information content (AvgIpc) is 3.04. The van der Waals surface area contributed by atoms with Crippen molar-refractivity contribution in [3.8, 4) is 0 Å². The summed E-state index contributed by atoms with van der Waals surface area (Å²) >= 11 is 0. The maximum Gasteiger partial charge on any atom is 0.227 e. The Morgan fingerprint density at radius 1 is 1.00 bits per heavy atom. The van der Waals surface area contributed by atoms with Gasteiger partial charge in [0.05, 0.1) is 0 Å². The van der Waals surface area contributed by atoms with Crippen LogP contribution in [0.4, 0.5) is 5.69 Å². The molecule has 4 nitrogen and oxygen atoms in total. The van der Waals surface area contributed by atoms with Crippen LogP contribution in [0.5, 0.6) is 0 Å². The van der Waals surface area contributed by atoms with Crippen molar-refractivity contribution in [1.29, 1.82) is 0 Å². The third kappa shape index (κ3) is 3.74. The number of likely N-dealkylation sites (tertiary alicyclic amines) is 1. The molecule has 0 bridgehead atoms. The summed E-state index contributed by atoms with van der Waals surface area (Å²) in [5, 5.41) is 0. The van der Waals surface area contributed by atoms with Crippen LogP contribution in [-0.4, -0.2) is 42.0 Å². The van der Waals surface area contributed by atoms with Gasteiger partial charge in [-0.15, -0.1) is 0 Å². The van der Waals surface area contributed by atoms with Gasteiger partial charge in [-0.25, -0.2) is 0 Å². The summed E-state index contributed by atoms with van der Waals surface area (Å²) < 4.78 is 0. The molecule has 0 saturated carbocycles. The zero-order chi connectivity index (χ0) is 17.1. The summed E-state index contributed by atoms with van der Waals surface area (Å²) in [6, 6.07) is 14.3. The molecule has 2 saturated heterocycles. The minimum Gasteiger partial charge on any atom is -0.312 e. The van der Waals surface area contributed by atoms with Gasteiger partial charge in [0, 0.05) is 37.6 Å². The van der Waals surface area contributed by atoms with Crippen molar-refractivity contribution in [1.82, 2.24) is 9.88 Å². The van der Waals surface area contributed by atoms with E-state index in [0.717, 1.165) is 31.9 Å². The minimum absolute atomic E-state index is 0.267. The van der Waals surface area contributed by atoms with Gasteiger partial charge in [-0.3, -0.25) is 9.78 Å². The number of anilines is 1. The van der Waals surface area contributed by atoms with E-state index in [4.69, 9.17) is 0 Å². The van der Waals surface area contributed by atoms with Crippen LogP contribution < -0.4 is 4.90 Å². The van der Waals surface area contributed by atoms with Gasteiger partial charge in [0.25, 0.3) is 0 Å². The predicted octanol–water partition coefficient (Wildman–Crippen LogP) is 3.31. The Labute approximate surface area is 149 Å². The van der Waals surface area contributed by atoms with Gasteiger partial charge in [-0.05, 0) is 67.6 Å². The number of amides is 1. The van der Waals surface area contributed by atoms with E-state index in [2.05, 4.69) is 22.0 Å². The van der Waals surface area contributed by atoms with Gasteiger partial charge in [0.1, 0.15) is 0 Å². The molecule has 2 aliphatic rings.